The van der Waals surface area contributed by atoms with Crippen molar-refractivity contribution in [3.8, 4) is 0 Å². The van der Waals surface area contributed by atoms with E-state index >= 15 is 0 Å². The first-order valence-corrected chi connectivity index (χ1v) is 7.04. The van der Waals surface area contributed by atoms with Crippen molar-refractivity contribution < 1.29 is 0 Å². The summed E-state index contributed by atoms with van der Waals surface area (Å²) in [5.41, 5.74) is 0. The van der Waals surface area contributed by atoms with Gasteiger partial charge in [-0.1, -0.05) is 19.3 Å². The van der Waals surface area contributed by atoms with Gasteiger partial charge in [0.05, 0.1) is 0 Å². The van der Waals surface area contributed by atoms with Crippen LogP contribution in [0, 0.1) is 5.92 Å². The van der Waals surface area contributed by atoms with Crippen LogP contribution in [0.4, 0.5) is 0 Å². The maximum absolute atomic E-state index is 5.65. The Balaban J connectivity index is 2.02. The summed E-state index contributed by atoms with van der Waals surface area (Å²) in [6.07, 6.45) is 7.19. The lowest BCUT2D eigenvalue weighted by atomic mass is 9.90. The van der Waals surface area contributed by atoms with E-state index in [2.05, 4.69) is 4.98 Å². The van der Waals surface area contributed by atoms with Gasteiger partial charge >= 0.3 is 0 Å². The van der Waals surface area contributed by atoms with E-state index in [4.69, 9.17) is 11.1 Å². The van der Waals surface area contributed by atoms with Crippen LogP contribution in [0.3, 0.4) is 0 Å². The molecule has 0 bridgehead atoms. The summed E-state index contributed by atoms with van der Waals surface area (Å²) in [4.78, 5) is 3.32. The Kier molecular flexibility index (Phi) is 4.42. The first-order chi connectivity index (χ1) is 4.93. The van der Waals surface area contributed by atoms with Crippen molar-refractivity contribution in [2.24, 2.45) is 5.92 Å². The third-order valence-corrected chi connectivity index (χ3v) is 3.30. The molecule has 0 heterocycles. The highest BCUT2D eigenvalue weighted by Crippen LogP contribution is 2.22. The molecule has 60 valence electrons. The lowest BCUT2D eigenvalue weighted by Crippen LogP contribution is -2.25. The molecule has 1 fully saturated rings. The van der Waals surface area contributed by atoms with Gasteiger partial charge in [-0.3, -0.25) is 0 Å². The van der Waals surface area contributed by atoms with Crippen LogP contribution >= 0.6 is 11.1 Å². The van der Waals surface area contributed by atoms with Crippen molar-refractivity contribution >= 4 is 20.1 Å². The Morgan fingerprint density at radius 3 is 2.60 bits per heavy atom. The Morgan fingerprint density at radius 2 is 2.00 bits per heavy atom. The molecule has 0 aromatic heterocycles. The maximum Gasteiger partial charge on any atom is 0.195 e. The van der Waals surface area contributed by atoms with Gasteiger partial charge in [-0.15, -0.1) is 0 Å². The fourth-order valence-electron chi connectivity index (χ4n) is 1.65. The number of rotatable bonds is 3. The number of hydrogen-bond donors (Lipinski definition) is 1. The SMILES string of the molecule is Cl[SiH2]NCC1CCCCC1. The molecule has 0 amide bonds. The zero-order valence-electron chi connectivity index (χ0n) is 6.41. The molecule has 1 aliphatic carbocycles. The van der Waals surface area contributed by atoms with Crippen LogP contribution in [0.25, 0.3) is 0 Å². The number of halogens is 1. The molecule has 0 aromatic carbocycles. The van der Waals surface area contributed by atoms with Crippen LogP contribution in [0.15, 0.2) is 0 Å². The Labute approximate surface area is 70.1 Å². The van der Waals surface area contributed by atoms with Gasteiger partial charge in [0.1, 0.15) is 0 Å². The lowest BCUT2D eigenvalue weighted by molar-refractivity contribution is 0.359. The predicted molar refractivity (Wildman–Crippen MR) is 49.0 cm³/mol. The van der Waals surface area contributed by atoms with E-state index in [1.165, 1.54) is 38.6 Å². The molecule has 1 saturated carbocycles. The molecular weight excluding hydrogens is 162 g/mol. The molecule has 0 atom stereocenters. The normalized spacial score (nSPS) is 22.5. The van der Waals surface area contributed by atoms with E-state index in [0.717, 1.165) is 5.92 Å². The summed E-state index contributed by atoms with van der Waals surface area (Å²) in [6.45, 7) is 1.19. The molecule has 10 heavy (non-hydrogen) atoms. The summed E-state index contributed by atoms with van der Waals surface area (Å²) >= 11 is 5.65. The minimum atomic E-state index is -0.409. The molecule has 0 aromatic rings. The van der Waals surface area contributed by atoms with Crippen LogP contribution in [-0.2, 0) is 0 Å². The standard InChI is InChI=1S/C7H16ClNSi/c8-10-9-6-7-4-2-1-3-5-7/h7,9H,1-6,10H2. The quantitative estimate of drug-likeness (QED) is 0.508. The van der Waals surface area contributed by atoms with E-state index in [9.17, 15) is 0 Å². The van der Waals surface area contributed by atoms with Crippen molar-refractivity contribution in [3.63, 3.8) is 0 Å². The summed E-state index contributed by atoms with van der Waals surface area (Å²) < 4.78 is 0. The zero-order chi connectivity index (χ0) is 7.23. The van der Waals surface area contributed by atoms with E-state index in [1.807, 2.05) is 0 Å². The molecule has 1 rings (SSSR count). The van der Waals surface area contributed by atoms with Crippen LogP contribution < -0.4 is 4.98 Å². The third-order valence-electron chi connectivity index (χ3n) is 2.25. The van der Waals surface area contributed by atoms with Gasteiger partial charge in [0, 0.05) is 0 Å². The molecule has 0 aliphatic heterocycles. The second-order valence-corrected chi connectivity index (χ2v) is 4.66. The van der Waals surface area contributed by atoms with Crippen LogP contribution in [0.1, 0.15) is 32.1 Å². The lowest BCUT2D eigenvalue weighted by Gasteiger charge is -2.21. The van der Waals surface area contributed by atoms with Crippen molar-refractivity contribution in [2.75, 3.05) is 6.54 Å². The van der Waals surface area contributed by atoms with Crippen molar-refractivity contribution in [3.05, 3.63) is 0 Å². The van der Waals surface area contributed by atoms with Crippen molar-refractivity contribution in [1.82, 2.24) is 4.98 Å². The van der Waals surface area contributed by atoms with Gasteiger partial charge < -0.3 is 4.98 Å². The Hall–Kier alpha value is 0.467. The van der Waals surface area contributed by atoms with E-state index in [0.29, 0.717) is 0 Å². The highest BCUT2D eigenvalue weighted by Gasteiger charge is 2.11. The molecule has 1 nitrogen and oxygen atoms in total. The topological polar surface area (TPSA) is 12.0 Å². The minimum absolute atomic E-state index is 0.409. The summed E-state index contributed by atoms with van der Waals surface area (Å²) in [5.74, 6) is 0.944. The molecule has 0 spiro atoms. The largest absolute Gasteiger partial charge is 0.330 e. The highest BCUT2D eigenvalue weighted by atomic mass is 35.6. The molecule has 3 heteroatoms. The minimum Gasteiger partial charge on any atom is -0.330 e. The second kappa shape index (κ2) is 5.16. The molecule has 0 saturated heterocycles. The van der Waals surface area contributed by atoms with Crippen LogP contribution in [0.2, 0.25) is 0 Å². The zero-order valence-corrected chi connectivity index (χ0v) is 8.58. The summed E-state index contributed by atoms with van der Waals surface area (Å²) in [6, 6.07) is 0. The third kappa shape index (κ3) is 3.04. The maximum atomic E-state index is 5.65. The van der Waals surface area contributed by atoms with Gasteiger partial charge in [0.25, 0.3) is 0 Å². The first-order valence-electron chi connectivity index (χ1n) is 4.20. The number of hydrogen-bond acceptors (Lipinski definition) is 1. The van der Waals surface area contributed by atoms with Crippen molar-refractivity contribution in [1.29, 1.82) is 0 Å². The van der Waals surface area contributed by atoms with Gasteiger partial charge in [-0.2, -0.15) is 11.1 Å². The Morgan fingerprint density at radius 1 is 1.30 bits per heavy atom. The smallest absolute Gasteiger partial charge is 0.195 e. The number of nitrogens with one attached hydrogen (secondary N) is 1. The van der Waals surface area contributed by atoms with Crippen LogP contribution in [-0.4, -0.2) is 15.5 Å². The monoisotopic (exact) mass is 177 g/mol. The van der Waals surface area contributed by atoms with Gasteiger partial charge in [0.2, 0.25) is 0 Å². The first kappa shape index (κ1) is 8.56. The highest BCUT2D eigenvalue weighted by molar-refractivity contribution is 6.92. The predicted octanol–water partition coefficient (Wildman–Crippen LogP) is 1.39. The van der Waals surface area contributed by atoms with E-state index < -0.39 is 8.99 Å². The van der Waals surface area contributed by atoms with E-state index in [-0.39, 0.29) is 0 Å². The molecular formula is C7H16ClNSi. The van der Waals surface area contributed by atoms with Gasteiger partial charge in [-0.25, -0.2) is 0 Å². The van der Waals surface area contributed by atoms with Crippen molar-refractivity contribution in [2.45, 2.75) is 32.1 Å². The fraction of sp³-hybridized carbons (Fsp3) is 1.00. The molecule has 0 radical (unpaired) electrons. The fourth-order valence-corrected chi connectivity index (χ4v) is 2.49. The van der Waals surface area contributed by atoms with Gasteiger partial charge in [0.15, 0.2) is 8.99 Å². The molecule has 0 unspecified atom stereocenters. The molecule has 1 N–H and O–H groups in total. The average Bonchev–Trinajstić information content (AvgIpc) is 2.03. The average molecular weight is 178 g/mol. The summed E-state index contributed by atoms with van der Waals surface area (Å²) in [5, 5.41) is 0. The van der Waals surface area contributed by atoms with E-state index in [1.54, 1.807) is 0 Å². The molecule has 1 aliphatic rings. The second-order valence-electron chi connectivity index (χ2n) is 3.09. The Bertz CT molecular complexity index is 83.7. The van der Waals surface area contributed by atoms with Gasteiger partial charge in [-0.05, 0) is 25.3 Å². The van der Waals surface area contributed by atoms with Crippen LogP contribution in [0.5, 0.6) is 0 Å². The summed E-state index contributed by atoms with van der Waals surface area (Å²) in [7, 11) is -0.409.